The van der Waals surface area contributed by atoms with Crippen molar-refractivity contribution >= 4 is 17.9 Å². The summed E-state index contributed by atoms with van der Waals surface area (Å²) in [6.45, 7) is 2.32. The average Bonchev–Trinajstić information content (AvgIpc) is 2.74. The molecule has 6 nitrogen and oxygen atoms in total. The van der Waals surface area contributed by atoms with Gasteiger partial charge in [-0.2, -0.15) is 13.2 Å². The molecular weight excluding hydrogens is 413 g/mol. The van der Waals surface area contributed by atoms with Crippen molar-refractivity contribution in [3.8, 4) is 11.5 Å². The number of hydrogen-bond acceptors (Lipinski definition) is 4. The first-order valence-corrected chi connectivity index (χ1v) is 9.42. The molecule has 31 heavy (non-hydrogen) atoms. The zero-order chi connectivity index (χ0) is 22.9. The van der Waals surface area contributed by atoms with Gasteiger partial charge in [-0.25, -0.2) is 0 Å². The van der Waals surface area contributed by atoms with Gasteiger partial charge in [0.1, 0.15) is 0 Å². The molecule has 9 heteroatoms. The van der Waals surface area contributed by atoms with Gasteiger partial charge in [-0.3, -0.25) is 9.59 Å². The van der Waals surface area contributed by atoms with Crippen LogP contribution in [-0.2, 0) is 22.3 Å². The molecular formula is C22H23F3N2O4. The van der Waals surface area contributed by atoms with Crippen LogP contribution in [0.1, 0.15) is 23.6 Å². The molecule has 0 unspecified atom stereocenters. The molecule has 0 aliphatic carbocycles. The highest BCUT2D eigenvalue weighted by Crippen LogP contribution is 2.30. The minimum atomic E-state index is -4.44. The second kappa shape index (κ2) is 11.1. The molecule has 2 aromatic carbocycles. The fourth-order valence-corrected chi connectivity index (χ4v) is 2.57. The van der Waals surface area contributed by atoms with E-state index in [4.69, 9.17) is 9.47 Å². The first kappa shape index (κ1) is 23.8. The molecule has 0 saturated heterocycles. The lowest BCUT2D eigenvalue weighted by Gasteiger charge is -2.12. The second-order valence-electron chi connectivity index (χ2n) is 6.40. The summed E-state index contributed by atoms with van der Waals surface area (Å²) in [5.74, 6) is 0.0604. The lowest BCUT2D eigenvalue weighted by Crippen LogP contribution is -2.28. The molecule has 2 amide bonds. The molecule has 2 aromatic rings. The summed E-state index contributed by atoms with van der Waals surface area (Å²) in [5, 5.41) is 5.26. The van der Waals surface area contributed by atoms with Crippen LogP contribution < -0.4 is 20.1 Å². The van der Waals surface area contributed by atoms with Crippen molar-refractivity contribution in [1.82, 2.24) is 10.6 Å². The van der Waals surface area contributed by atoms with Gasteiger partial charge in [0.15, 0.2) is 18.1 Å². The third kappa shape index (κ3) is 7.69. The predicted molar refractivity (Wildman–Crippen MR) is 109 cm³/mol. The van der Waals surface area contributed by atoms with E-state index in [0.717, 1.165) is 18.2 Å². The molecule has 0 aliphatic heterocycles. The first-order valence-electron chi connectivity index (χ1n) is 9.42. The van der Waals surface area contributed by atoms with Crippen molar-refractivity contribution in [2.24, 2.45) is 0 Å². The van der Waals surface area contributed by atoms with Gasteiger partial charge in [0.25, 0.3) is 5.91 Å². The maximum Gasteiger partial charge on any atom is 0.416 e. The van der Waals surface area contributed by atoms with Crippen molar-refractivity contribution in [3.05, 3.63) is 65.2 Å². The normalized spacial score (nSPS) is 11.3. The molecule has 0 aliphatic rings. The highest BCUT2D eigenvalue weighted by Gasteiger charge is 2.30. The molecule has 166 valence electrons. The smallest absolute Gasteiger partial charge is 0.416 e. The lowest BCUT2D eigenvalue weighted by molar-refractivity contribution is -0.137. The molecule has 2 rings (SSSR count). The van der Waals surface area contributed by atoms with Gasteiger partial charge in [0.2, 0.25) is 5.91 Å². The van der Waals surface area contributed by atoms with E-state index in [1.165, 1.54) is 25.3 Å². The van der Waals surface area contributed by atoms with Crippen molar-refractivity contribution in [2.75, 3.05) is 20.3 Å². The van der Waals surface area contributed by atoms with E-state index in [0.29, 0.717) is 23.6 Å². The Morgan fingerprint density at radius 1 is 1.06 bits per heavy atom. The van der Waals surface area contributed by atoms with Crippen LogP contribution >= 0.6 is 0 Å². The molecule has 0 fully saturated rings. The van der Waals surface area contributed by atoms with Crippen molar-refractivity contribution < 1.29 is 32.2 Å². The Morgan fingerprint density at radius 2 is 1.84 bits per heavy atom. The van der Waals surface area contributed by atoms with Gasteiger partial charge in [0.05, 0.1) is 12.7 Å². The topological polar surface area (TPSA) is 76.7 Å². The summed E-state index contributed by atoms with van der Waals surface area (Å²) in [7, 11) is 1.45. The maximum absolute atomic E-state index is 12.7. The van der Waals surface area contributed by atoms with E-state index in [-0.39, 0.29) is 24.6 Å². The van der Waals surface area contributed by atoms with Gasteiger partial charge < -0.3 is 20.1 Å². The van der Waals surface area contributed by atoms with E-state index in [1.807, 2.05) is 0 Å². The summed E-state index contributed by atoms with van der Waals surface area (Å²) in [4.78, 5) is 23.5. The summed E-state index contributed by atoms with van der Waals surface area (Å²) < 4.78 is 48.9. The molecule has 0 spiro atoms. The standard InChI is InChI=1S/C22H23F3N2O4/c1-3-26-21(29)14-31-18-9-7-16(12-19(18)30-2)13-27-20(28)10-8-15-5-4-6-17(11-15)22(23,24)25/h4-12H,3,13-14H2,1-2H3,(H,26,29)(H,27,28)/b10-8+. The SMILES string of the molecule is CCNC(=O)COc1ccc(CNC(=O)/C=C/c2cccc(C(F)(F)F)c2)cc1OC. The minimum Gasteiger partial charge on any atom is -0.493 e. The molecule has 0 saturated carbocycles. The maximum atomic E-state index is 12.7. The highest BCUT2D eigenvalue weighted by molar-refractivity contribution is 5.91. The Morgan fingerprint density at radius 3 is 2.52 bits per heavy atom. The van der Waals surface area contributed by atoms with Crippen LogP contribution in [0.2, 0.25) is 0 Å². The van der Waals surface area contributed by atoms with Crippen LogP contribution in [0.25, 0.3) is 6.08 Å². The van der Waals surface area contributed by atoms with Crippen molar-refractivity contribution in [1.29, 1.82) is 0 Å². The van der Waals surface area contributed by atoms with Crippen LogP contribution in [0.5, 0.6) is 11.5 Å². The number of amides is 2. The quantitative estimate of drug-likeness (QED) is 0.590. The summed E-state index contributed by atoms with van der Waals surface area (Å²) in [6, 6.07) is 9.67. The molecule has 0 heterocycles. The van der Waals surface area contributed by atoms with E-state index in [1.54, 1.807) is 25.1 Å². The van der Waals surface area contributed by atoms with Crippen LogP contribution in [-0.4, -0.2) is 32.1 Å². The second-order valence-corrected chi connectivity index (χ2v) is 6.40. The van der Waals surface area contributed by atoms with Gasteiger partial charge in [-0.1, -0.05) is 18.2 Å². The van der Waals surface area contributed by atoms with Crippen LogP contribution in [0.4, 0.5) is 13.2 Å². The predicted octanol–water partition coefficient (Wildman–Crippen LogP) is 3.56. The third-order valence-corrected chi connectivity index (χ3v) is 4.07. The molecule has 0 bridgehead atoms. The van der Waals surface area contributed by atoms with Gasteiger partial charge in [0, 0.05) is 19.2 Å². The van der Waals surface area contributed by atoms with E-state index < -0.39 is 17.6 Å². The first-order chi connectivity index (χ1) is 14.7. The van der Waals surface area contributed by atoms with Crippen LogP contribution in [0.15, 0.2) is 48.5 Å². The summed E-state index contributed by atoms with van der Waals surface area (Å²) in [6.07, 6.45) is -1.97. The highest BCUT2D eigenvalue weighted by atomic mass is 19.4. The number of likely N-dealkylation sites (N-methyl/N-ethyl adjacent to an activating group) is 1. The zero-order valence-electron chi connectivity index (χ0n) is 17.1. The number of halogens is 3. The Labute approximate surface area is 178 Å². The fourth-order valence-electron chi connectivity index (χ4n) is 2.57. The monoisotopic (exact) mass is 436 g/mol. The van der Waals surface area contributed by atoms with Crippen LogP contribution in [0, 0.1) is 0 Å². The molecule has 0 radical (unpaired) electrons. The molecule has 0 aromatic heterocycles. The largest absolute Gasteiger partial charge is 0.493 e. The Balaban J connectivity index is 1.94. The Kier molecular flexibility index (Phi) is 8.48. The van der Waals surface area contributed by atoms with E-state index in [9.17, 15) is 22.8 Å². The number of ether oxygens (including phenoxy) is 2. The van der Waals surface area contributed by atoms with Gasteiger partial charge >= 0.3 is 6.18 Å². The van der Waals surface area contributed by atoms with E-state index >= 15 is 0 Å². The Bertz CT molecular complexity index is 943. The van der Waals surface area contributed by atoms with Crippen molar-refractivity contribution in [3.63, 3.8) is 0 Å². The lowest BCUT2D eigenvalue weighted by atomic mass is 10.1. The number of benzene rings is 2. The number of methoxy groups -OCH3 is 1. The number of rotatable bonds is 9. The minimum absolute atomic E-state index is 0.152. The fraction of sp³-hybridized carbons (Fsp3) is 0.273. The van der Waals surface area contributed by atoms with Gasteiger partial charge in [-0.15, -0.1) is 0 Å². The average molecular weight is 436 g/mol. The van der Waals surface area contributed by atoms with Crippen LogP contribution in [0.3, 0.4) is 0 Å². The van der Waals surface area contributed by atoms with E-state index in [2.05, 4.69) is 10.6 Å². The van der Waals surface area contributed by atoms with Gasteiger partial charge in [-0.05, 0) is 48.4 Å². The molecule has 2 N–H and O–H groups in total. The third-order valence-electron chi connectivity index (χ3n) is 4.07. The number of carbonyl (C=O) groups is 2. The summed E-state index contributed by atoms with van der Waals surface area (Å²) >= 11 is 0. The number of carbonyl (C=O) groups excluding carboxylic acids is 2. The zero-order valence-corrected chi connectivity index (χ0v) is 17.1. The summed E-state index contributed by atoms with van der Waals surface area (Å²) in [5.41, 5.74) is 0.194. The number of nitrogens with one attached hydrogen (secondary N) is 2. The number of alkyl halides is 3. The van der Waals surface area contributed by atoms with Crippen molar-refractivity contribution in [2.45, 2.75) is 19.6 Å². The Hall–Kier alpha value is -3.49. The number of hydrogen-bond donors (Lipinski definition) is 2. The molecule has 0 atom stereocenters.